The normalized spacial score (nSPS) is 26.7. The first kappa shape index (κ1) is 11.5. The lowest BCUT2D eigenvalue weighted by Gasteiger charge is -2.42. The first-order chi connectivity index (χ1) is 6.46. The van der Waals surface area contributed by atoms with Gasteiger partial charge in [-0.25, -0.2) is 0 Å². The Hall–Kier alpha value is -0.570. The van der Waals surface area contributed by atoms with Crippen LogP contribution < -0.4 is 5.32 Å². The fourth-order valence-electron chi connectivity index (χ4n) is 2.06. The molecule has 0 bridgehead atoms. The van der Waals surface area contributed by atoms with Crippen molar-refractivity contribution in [1.82, 2.24) is 10.2 Å². The second kappa shape index (κ2) is 4.30. The maximum absolute atomic E-state index is 11.8. The Morgan fingerprint density at radius 3 is 2.79 bits per heavy atom. The SMILES string of the molecule is CCCCN1CC(C)(C)NC(C)C1=O. The van der Waals surface area contributed by atoms with Crippen molar-refractivity contribution in [1.29, 1.82) is 0 Å². The van der Waals surface area contributed by atoms with E-state index in [0.717, 1.165) is 25.9 Å². The van der Waals surface area contributed by atoms with E-state index in [-0.39, 0.29) is 17.5 Å². The molecular formula is C11H22N2O. The number of carbonyl (C=O) groups is 1. The summed E-state index contributed by atoms with van der Waals surface area (Å²) in [6, 6.07) is -0.0318. The summed E-state index contributed by atoms with van der Waals surface area (Å²) in [6.45, 7) is 10.1. The second-order valence-corrected chi connectivity index (χ2v) is 4.86. The van der Waals surface area contributed by atoms with E-state index in [1.54, 1.807) is 0 Å². The molecule has 3 nitrogen and oxygen atoms in total. The van der Waals surface area contributed by atoms with Crippen molar-refractivity contribution in [2.45, 2.75) is 52.1 Å². The number of nitrogens with one attached hydrogen (secondary N) is 1. The van der Waals surface area contributed by atoms with Crippen LogP contribution in [0.1, 0.15) is 40.5 Å². The molecule has 1 rings (SSSR count). The Kier molecular flexibility index (Phi) is 3.53. The molecule has 1 aliphatic rings. The zero-order chi connectivity index (χ0) is 10.8. The molecule has 0 aromatic rings. The molecule has 1 heterocycles. The maximum atomic E-state index is 11.8. The van der Waals surface area contributed by atoms with Gasteiger partial charge in [0.15, 0.2) is 0 Å². The van der Waals surface area contributed by atoms with Crippen molar-refractivity contribution in [2.75, 3.05) is 13.1 Å². The highest BCUT2D eigenvalue weighted by Gasteiger charge is 2.34. The molecule has 1 N–H and O–H groups in total. The summed E-state index contributed by atoms with van der Waals surface area (Å²) in [7, 11) is 0. The molecular weight excluding hydrogens is 176 g/mol. The van der Waals surface area contributed by atoms with Crippen LogP contribution in [0.3, 0.4) is 0 Å². The average molecular weight is 198 g/mol. The number of hydrogen-bond donors (Lipinski definition) is 1. The molecule has 1 amide bonds. The number of nitrogens with zero attached hydrogens (tertiary/aromatic N) is 1. The lowest BCUT2D eigenvalue weighted by molar-refractivity contribution is -0.138. The third kappa shape index (κ3) is 2.71. The summed E-state index contributed by atoms with van der Waals surface area (Å²) in [5, 5.41) is 3.32. The third-order valence-corrected chi connectivity index (χ3v) is 2.66. The molecule has 0 saturated carbocycles. The minimum Gasteiger partial charge on any atom is -0.340 e. The average Bonchev–Trinajstić information content (AvgIpc) is 2.08. The van der Waals surface area contributed by atoms with Gasteiger partial charge in [-0.05, 0) is 27.2 Å². The summed E-state index contributed by atoms with van der Waals surface area (Å²) in [4.78, 5) is 13.8. The van der Waals surface area contributed by atoms with Crippen molar-refractivity contribution < 1.29 is 4.79 Å². The van der Waals surface area contributed by atoms with Gasteiger partial charge in [0, 0.05) is 18.6 Å². The van der Waals surface area contributed by atoms with Crippen LogP contribution in [0.2, 0.25) is 0 Å². The smallest absolute Gasteiger partial charge is 0.239 e. The molecule has 1 atom stereocenters. The van der Waals surface area contributed by atoms with Crippen molar-refractivity contribution in [3.63, 3.8) is 0 Å². The van der Waals surface area contributed by atoms with Crippen LogP contribution in [0.15, 0.2) is 0 Å². The topological polar surface area (TPSA) is 32.3 Å². The first-order valence-corrected chi connectivity index (χ1v) is 5.53. The fraction of sp³-hybridized carbons (Fsp3) is 0.909. The van der Waals surface area contributed by atoms with E-state index in [2.05, 4.69) is 26.1 Å². The van der Waals surface area contributed by atoms with E-state index in [4.69, 9.17) is 0 Å². The Morgan fingerprint density at radius 1 is 1.57 bits per heavy atom. The van der Waals surface area contributed by atoms with Crippen molar-refractivity contribution in [3.8, 4) is 0 Å². The van der Waals surface area contributed by atoms with E-state index in [1.165, 1.54) is 0 Å². The van der Waals surface area contributed by atoms with E-state index in [0.29, 0.717) is 0 Å². The van der Waals surface area contributed by atoms with Gasteiger partial charge in [0.25, 0.3) is 0 Å². The van der Waals surface area contributed by atoms with Gasteiger partial charge in [-0.1, -0.05) is 13.3 Å². The van der Waals surface area contributed by atoms with Gasteiger partial charge in [0.05, 0.1) is 6.04 Å². The zero-order valence-electron chi connectivity index (χ0n) is 9.76. The number of unbranched alkanes of at least 4 members (excludes halogenated alkanes) is 1. The van der Waals surface area contributed by atoms with Crippen LogP contribution in [0.5, 0.6) is 0 Å². The number of hydrogen-bond acceptors (Lipinski definition) is 2. The molecule has 0 aromatic heterocycles. The molecule has 1 saturated heterocycles. The molecule has 0 radical (unpaired) electrons. The molecule has 0 spiro atoms. The quantitative estimate of drug-likeness (QED) is 0.743. The summed E-state index contributed by atoms with van der Waals surface area (Å²) in [5.74, 6) is 0.248. The van der Waals surface area contributed by atoms with Crippen molar-refractivity contribution in [2.24, 2.45) is 0 Å². The molecule has 0 aliphatic carbocycles. The Morgan fingerprint density at radius 2 is 2.21 bits per heavy atom. The Labute approximate surface area is 86.9 Å². The Bertz CT molecular complexity index is 213. The summed E-state index contributed by atoms with van der Waals surface area (Å²) < 4.78 is 0. The molecule has 1 fully saturated rings. The van der Waals surface area contributed by atoms with Gasteiger partial charge in [-0.3, -0.25) is 10.1 Å². The van der Waals surface area contributed by atoms with E-state index >= 15 is 0 Å². The van der Waals surface area contributed by atoms with Gasteiger partial charge < -0.3 is 4.90 Å². The number of piperazine rings is 1. The van der Waals surface area contributed by atoms with Crippen LogP contribution in [-0.2, 0) is 4.79 Å². The van der Waals surface area contributed by atoms with E-state index in [1.807, 2.05) is 11.8 Å². The van der Waals surface area contributed by atoms with Crippen LogP contribution >= 0.6 is 0 Å². The zero-order valence-corrected chi connectivity index (χ0v) is 9.76. The molecule has 1 unspecified atom stereocenters. The lowest BCUT2D eigenvalue weighted by atomic mass is 9.98. The highest BCUT2D eigenvalue weighted by molar-refractivity contribution is 5.82. The maximum Gasteiger partial charge on any atom is 0.239 e. The van der Waals surface area contributed by atoms with Crippen molar-refractivity contribution in [3.05, 3.63) is 0 Å². The third-order valence-electron chi connectivity index (χ3n) is 2.66. The van der Waals surface area contributed by atoms with Crippen LogP contribution in [0.4, 0.5) is 0 Å². The molecule has 82 valence electrons. The number of carbonyl (C=O) groups excluding carboxylic acids is 1. The molecule has 1 aliphatic heterocycles. The summed E-state index contributed by atoms with van der Waals surface area (Å²) in [6.07, 6.45) is 2.25. The number of amides is 1. The van der Waals surface area contributed by atoms with Crippen LogP contribution in [0, 0.1) is 0 Å². The molecule has 14 heavy (non-hydrogen) atoms. The minimum atomic E-state index is -0.0318. The first-order valence-electron chi connectivity index (χ1n) is 5.53. The van der Waals surface area contributed by atoms with Crippen LogP contribution in [0.25, 0.3) is 0 Å². The highest BCUT2D eigenvalue weighted by Crippen LogP contribution is 2.15. The lowest BCUT2D eigenvalue weighted by Crippen LogP contribution is -2.63. The summed E-state index contributed by atoms with van der Waals surface area (Å²) in [5.41, 5.74) is 0.0566. The monoisotopic (exact) mass is 198 g/mol. The van der Waals surface area contributed by atoms with Crippen LogP contribution in [-0.4, -0.2) is 35.5 Å². The highest BCUT2D eigenvalue weighted by atomic mass is 16.2. The fourth-order valence-corrected chi connectivity index (χ4v) is 2.06. The van der Waals surface area contributed by atoms with Gasteiger partial charge >= 0.3 is 0 Å². The van der Waals surface area contributed by atoms with Gasteiger partial charge in [-0.15, -0.1) is 0 Å². The van der Waals surface area contributed by atoms with E-state index in [9.17, 15) is 4.79 Å². The standard InChI is InChI=1S/C11H22N2O/c1-5-6-7-13-8-11(3,4)12-9(2)10(13)14/h9,12H,5-8H2,1-4H3. The summed E-state index contributed by atoms with van der Waals surface area (Å²) >= 11 is 0. The van der Waals surface area contributed by atoms with Crippen molar-refractivity contribution >= 4 is 5.91 Å². The Balaban J connectivity index is 2.59. The van der Waals surface area contributed by atoms with Gasteiger partial charge in [0.1, 0.15) is 0 Å². The van der Waals surface area contributed by atoms with E-state index < -0.39 is 0 Å². The second-order valence-electron chi connectivity index (χ2n) is 4.86. The minimum absolute atomic E-state index is 0.0318. The predicted octanol–water partition coefficient (Wildman–Crippen LogP) is 1.39. The number of rotatable bonds is 3. The van der Waals surface area contributed by atoms with Gasteiger partial charge in [-0.2, -0.15) is 0 Å². The van der Waals surface area contributed by atoms with Gasteiger partial charge in [0.2, 0.25) is 5.91 Å². The largest absolute Gasteiger partial charge is 0.340 e. The predicted molar refractivity (Wildman–Crippen MR) is 58.2 cm³/mol. The molecule has 0 aromatic carbocycles. The molecule has 3 heteroatoms.